The van der Waals surface area contributed by atoms with Crippen LogP contribution >= 0.6 is 39.5 Å². The predicted molar refractivity (Wildman–Crippen MR) is 126 cm³/mol. The van der Waals surface area contributed by atoms with Gasteiger partial charge in [0.25, 0.3) is 0 Å². The van der Waals surface area contributed by atoms with Crippen LogP contribution in [0.5, 0.6) is 5.75 Å². The van der Waals surface area contributed by atoms with Gasteiger partial charge in [-0.25, -0.2) is 0 Å². The molecule has 0 aliphatic carbocycles. The molecule has 1 aromatic heterocycles. The van der Waals surface area contributed by atoms with Crippen molar-refractivity contribution in [3.63, 3.8) is 0 Å². The highest BCUT2D eigenvalue weighted by molar-refractivity contribution is 9.11. The van der Waals surface area contributed by atoms with Crippen molar-refractivity contribution < 1.29 is 28.3 Å². The Morgan fingerprint density at radius 1 is 1.13 bits per heavy atom. The third-order valence-corrected chi connectivity index (χ3v) is 7.34. The summed E-state index contributed by atoms with van der Waals surface area (Å²) in [4.78, 5) is 33.1. The molecule has 0 saturated heterocycles. The van der Waals surface area contributed by atoms with Gasteiger partial charge in [-0.2, -0.15) is 0 Å². The number of halogens is 2. The maximum atomic E-state index is 13.0. The van der Waals surface area contributed by atoms with Crippen molar-refractivity contribution in [3.8, 4) is 5.75 Å². The van der Waals surface area contributed by atoms with E-state index in [2.05, 4.69) is 37.2 Å². The van der Waals surface area contributed by atoms with E-state index < -0.39 is 19.2 Å². The molecule has 1 heterocycles. The number of methoxy groups -OCH3 is 1. The second-order valence-corrected chi connectivity index (χ2v) is 10.2. The lowest BCUT2D eigenvalue weighted by Gasteiger charge is -2.18. The van der Waals surface area contributed by atoms with Gasteiger partial charge in [0.05, 0.1) is 17.8 Å². The van der Waals surface area contributed by atoms with Crippen molar-refractivity contribution in [2.75, 3.05) is 12.4 Å². The highest BCUT2D eigenvalue weighted by Gasteiger charge is 2.40. The lowest BCUT2D eigenvalue weighted by Crippen LogP contribution is -2.21. The minimum atomic E-state index is -4.89. The van der Waals surface area contributed by atoms with Gasteiger partial charge in [0.2, 0.25) is 5.91 Å². The molecule has 4 aromatic rings. The Labute approximate surface area is 193 Å². The van der Waals surface area contributed by atoms with Gasteiger partial charge in [-0.05, 0) is 60.8 Å². The van der Waals surface area contributed by atoms with Crippen LogP contribution in [0.2, 0.25) is 0 Å². The van der Waals surface area contributed by atoms with E-state index in [1.54, 1.807) is 18.2 Å². The summed E-state index contributed by atoms with van der Waals surface area (Å²) in [7, 11) is -3.41. The monoisotopic (exact) mass is 567 g/mol. The average molecular weight is 569 g/mol. The smallest absolute Gasteiger partial charge is 0.342 e. The molecule has 10 heteroatoms. The summed E-state index contributed by atoms with van der Waals surface area (Å²) in [6, 6.07) is 14.4. The third-order valence-electron chi connectivity index (χ3n) is 4.85. The van der Waals surface area contributed by atoms with Crippen LogP contribution in [0.3, 0.4) is 0 Å². The Bertz CT molecular complexity index is 1360. The molecule has 0 spiro atoms. The minimum Gasteiger partial charge on any atom is -0.494 e. The van der Waals surface area contributed by atoms with Crippen LogP contribution in [-0.4, -0.2) is 22.8 Å². The molecular formula is C21H16Br2NO6P. The SMILES string of the molecule is COc1c(Br)cc2c(C(C(=O)Nc3ccc4ccccc4c3)P(=O)(O)O)coc2c1Br. The van der Waals surface area contributed by atoms with E-state index in [-0.39, 0.29) is 5.56 Å². The van der Waals surface area contributed by atoms with Crippen molar-refractivity contribution in [2.45, 2.75) is 5.66 Å². The van der Waals surface area contributed by atoms with Crippen LogP contribution in [0.25, 0.3) is 21.7 Å². The van der Waals surface area contributed by atoms with Crippen molar-refractivity contribution in [1.29, 1.82) is 0 Å². The molecule has 1 unspecified atom stereocenters. The van der Waals surface area contributed by atoms with E-state index in [9.17, 15) is 19.1 Å². The fourth-order valence-corrected chi connectivity index (χ4v) is 5.92. The summed E-state index contributed by atoms with van der Waals surface area (Å²) in [6.07, 6.45) is 1.19. The average Bonchev–Trinajstić information content (AvgIpc) is 3.10. The molecule has 1 atom stereocenters. The van der Waals surface area contributed by atoms with Gasteiger partial charge in [-0.15, -0.1) is 0 Å². The summed E-state index contributed by atoms with van der Waals surface area (Å²) in [5.41, 5.74) is -0.941. The van der Waals surface area contributed by atoms with Gasteiger partial charge in [-0.1, -0.05) is 30.3 Å². The fraction of sp³-hybridized carbons (Fsp3) is 0.0952. The maximum absolute atomic E-state index is 13.0. The van der Waals surface area contributed by atoms with Crippen molar-refractivity contribution >= 4 is 72.8 Å². The molecule has 0 aliphatic heterocycles. The summed E-state index contributed by atoms with van der Waals surface area (Å²) < 4.78 is 24.2. The van der Waals surface area contributed by atoms with E-state index >= 15 is 0 Å². The van der Waals surface area contributed by atoms with Crippen LogP contribution in [0, 0.1) is 0 Å². The number of fused-ring (bicyclic) bond motifs is 2. The highest BCUT2D eigenvalue weighted by Crippen LogP contribution is 2.55. The number of hydrogen-bond acceptors (Lipinski definition) is 4. The summed E-state index contributed by atoms with van der Waals surface area (Å²) in [5.74, 6) is -0.379. The number of amides is 1. The van der Waals surface area contributed by atoms with Crippen LogP contribution in [0.1, 0.15) is 11.2 Å². The Balaban J connectivity index is 1.77. The van der Waals surface area contributed by atoms with E-state index in [0.717, 1.165) is 10.8 Å². The summed E-state index contributed by atoms with van der Waals surface area (Å²) >= 11 is 6.75. The predicted octanol–water partition coefficient (Wildman–Crippen LogP) is 5.98. The van der Waals surface area contributed by atoms with Gasteiger partial charge in [0.1, 0.15) is 4.47 Å². The highest BCUT2D eigenvalue weighted by atomic mass is 79.9. The Hall–Kier alpha value is -2.16. The largest absolute Gasteiger partial charge is 0.494 e. The molecule has 0 saturated carbocycles. The molecule has 31 heavy (non-hydrogen) atoms. The number of benzene rings is 3. The molecule has 0 fully saturated rings. The second kappa shape index (κ2) is 8.41. The molecule has 7 nitrogen and oxygen atoms in total. The Kier molecular flexibility index (Phi) is 5.98. The molecule has 0 bridgehead atoms. The van der Waals surface area contributed by atoms with Gasteiger partial charge < -0.3 is 24.3 Å². The number of furan rings is 1. The lowest BCUT2D eigenvalue weighted by atomic mass is 10.1. The first-order valence-corrected chi connectivity index (χ1v) is 12.3. The maximum Gasteiger partial charge on any atom is 0.342 e. The molecule has 3 N–H and O–H groups in total. The number of carbonyl (C=O) groups is 1. The molecule has 1 amide bonds. The number of hydrogen-bond donors (Lipinski definition) is 3. The number of ether oxygens (including phenoxy) is 1. The number of nitrogens with one attached hydrogen (secondary N) is 1. The van der Waals surface area contributed by atoms with Gasteiger partial charge in [0, 0.05) is 16.6 Å². The van der Waals surface area contributed by atoms with Crippen molar-refractivity contribution in [1.82, 2.24) is 0 Å². The number of carbonyl (C=O) groups excluding carboxylic acids is 1. The summed E-state index contributed by atoms with van der Waals surface area (Å²) in [5, 5.41) is 4.87. The van der Waals surface area contributed by atoms with Gasteiger partial charge >= 0.3 is 7.60 Å². The molecule has 4 rings (SSSR count). The van der Waals surface area contributed by atoms with Crippen LogP contribution < -0.4 is 10.1 Å². The van der Waals surface area contributed by atoms with Gasteiger partial charge in [0.15, 0.2) is 17.0 Å². The normalized spacial score (nSPS) is 12.8. The van der Waals surface area contributed by atoms with Crippen molar-refractivity contribution in [2.24, 2.45) is 0 Å². The Morgan fingerprint density at radius 2 is 1.84 bits per heavy atom. The minimum absolute atomic E-state index is 0.0747. The quantitative estimate of drug-likeness (QED) is 0.256. The third kappa shape index (κ3) is 4.16. The van der Waals surface area contributed by atoms with Crippen LogP contribution in [0.15, 0.2) is 68.2 Å². The molecule has 0 aliphatic rings. The van der Waals surface area contributed by atoms with Gasteiger partial charge in [-0.3, -0.25) is 9.36 Å². The first kappa shape index (κ1) is 22.0. The van der Waals surface area contributed by atoms with Crippen LogP contribution in [0.4, 0.5) is 5.69 Å². The Morgan fingerprint density at radius 3 is 2.52 bits per heavy atom. The standard InChI is InChI=1S/C21H16Br2NO6P/c1-29-19-16(22)9-14-15(10-30-18(14)17(19)23)20(31(26,27)28)21(25)24-13-7-6-11-4-2-3-5-12(11)8-13/h2-10,20H,1H3,(H,24,25)(H2,26,27,28). The lowest BCUT2D eigenvalue weighted by molar-refractivity contribution is -0.116. The zero-order valence-electron chi connectivity index (χ0n) is 16.0. The van der Waals surface area contributed by atoms with E-state index in [1.165, 1.54) is 13.4 Å². The van der Waals surface area contributed by atoms with Crippen molar-refractivity contribution in [3.05, 3.63) is 69.3 Å². The molecule has 3 aromatic carbocycles. The van der Waals surface area contributed by atoms with Crippen LogP contribution in [-0.2, 0) is 9.36 Å². The fourth-order valence-electron chi connectivity index (χ4n) is 3.45. The summed E-state index contributed by atoms with van der Waals surface area (Å²) in [6.45, 7) is 0. The number of anilines is 1. The number of rotatable bonds is 5. The molecular weight excluding hydrogens is 553 g/mol. The second-order valence-electron chi connectivity index (χ2n) is 6.82. The first-order chi connectivity index (χ1) is 14.7. The molecule has 0 radical (unpaired) electrons. The topological polar surface area (TPSA) is 109 Å². The van der Waals surface area contributed by atoms with E-state index in [1.807, 2.05) is 30.3 Å². The zero-order chi connectivity index (χ0) is 22.3. The first-order valence-electron chi connectivity index (χ1n) is 8.98. The zero-order valence-corrected chi connectivity index (χ0v) is 20.1. The van der Waals surface area contributed by atoms with E-state index in [4.69, 9.17) is 9.15 Å². The van der Waals surface area contributed by atoms with E-state index in [0.29, 0.717) is 31.4 Å². The molecule has 160 valence electrons.